The molecular weight excluding hydrogens is 321 g/mol. The largest absolute Gasteiger partial charge is 0.387 e. The first kappa shape index (κ1) is 16.9. The highest BCUT2D eigenvalue weighted by Gasteiger charge is 2.12. The van der Waals surface area contributed by atoms with Gasteiger partial charge in [0.05, 0.1) is 24.4 Å². The van der Waals surface area contributed by atoms with Crippen molar-refractivity contribution in [3.05, 3.63) is 89.5 Å². The van der Waals surface area contributed by atoms with Crippen LogP contribution < -0.4 is 5.32 Å². The van der Waals surface area contributed by atoms with Gasteiger partial charge in [0.2, 0.25) is 0 Å². The molecule has 1 heterocycles. The lowest BCUT2D eigenvalue weighted by atomic mass is 10.1. The number of rotatable bonds is 6. The number of hydrogen-bond acceptors (Lipinski definition) is 3. The molecule has 0 radical (unpaired) electrons. The predicted molar refractivity (Wildman–Crippen MR) is 91.5 cm³/mol. The van der Waals surface area contributed by atoms with Crippen LogP contribution in [0.1, 0.15) is 27.6 Å². The third-order valence-corrected chi connectivity index (χ3v) is 3.79. The number of benzene rings is 2. The number of carbonyl (C=O) groups is 1. The fraction of sp³-hybridized carbons (Fsp3) is 0.158. The summed E-state index contributed by atoms with van der Waals surface area (Å²) in [5, 5.41) is 16.9. The summed E-state index contributed by atoms with van der Waals surface area (Å²) in [6.45, 7) is 0.612. The number of aliphatic hydroxyl groups is 1. The van der Waals surface area contributed by atoms with Gasteiger partial charge in [0, 0.05) is 12.7 Å². The zero-order chi connectivity index (χ0) is 17.6. The Balaban J connectivity index is 1.55. The number of carbonyl (C=O) groups excluding carboxylic acids is 1. The van der Waals surface area contributed by atoms with Crippen LogP contribution in [0.15, 0.2) is 67.0 Å². The van der Waals surface area contributed by atoms with E-state index in [0.717, 1.165) is 5.56 Å². The van der Waals surface area contributed by atoms with E-state index in [-0.39, 0.29) is 18.3 Å². The van der Waals surface area contributed by atoms with E-state index in [0.29, 0.717) is 17.7 Å². The van der Waals surface area contributed by atoms with Gasteiger partial charge >= 0.3 is 0 Å². The van der Waals surface area contributed by atoms with Gasteiger partial charge in [-0.25, -0.2) is 4.39 Å². The third-order valence-electron chi connectivity index (χ3n) is 3.79. The van der Waals surface area contributed by atoms with Crippen molar-refractivity contribution < 1.29 is 14.3 Å². The highest BCUT2D eigenvalue weighted by molar-refractivity contribution is 5.93. The van der Waals surface area contributed by atoms with Crippen molar-refractivity contribution in [3.8, 4) is 0 Å². The number of aromatic nitrogens is 2. The molecule has 0 aliphatic heterocycles. The maximum atomic E-state index is 12.9. The van der Waals surface area contributed by atoms with Gasteiger partial charge < -0.3 is 10.4 Å². The van der Waals surface area contributed by atoms with Crippen molar-refractivity contribution in [3.63, 3.8) is 0 Å². The highest BCUT2D eigenvalue weighted by Crippen LogP contribution is 2.12. The van der Waals surface area contributed by atoms with Gasteiger partial charge in [-0.1, -0.05) is 42.5 Å². The first-order valence-electron chi connectivity index (χ1n) is 7.90. The summed E-state index contributed by atoms with van der Waals surface area (Å²) >= 11 is 0. The molecule has 128 valence electrons. The molecule has 0 saturated carbocycles. The maximum absolute atomic E-state index is 12.9. The van der Waals surface area contributed by atoms with Crippen LogP contribution in [0, 0.1) is 5.82 Å². The van der Waals surface area contributed by atoms with Gasteiger partial charge in [-0.15, -0.1) is 0 Å². The fourth-order valence-electron chi connectivity index (χ4n) is 2.43. The molecule has 0 fully saturated rings. The molecule has 1 atom stereocenters. The number of aliphatic hydroxyl groups excluding tert-OH is 1. The summed E-state index contributed by atoms with van der Waals surface area (Å²) in [7, 11) is 0. The standard InChI is InChI=1S/C19H18FN3O2/c20-17-8-6-15(7-9-17)18(24)11-21-19(25)16-10-22-23(13-16)12-14-4-2-1-3-5-14/h1-10,13,18,24H,11-12H2,(H,21,25). The fourth-order valence-corrected chi connectivity index (χ4v) is 2.43. The monoisotopic (exact) mass is 339 g/mol. The molecular formula is C19H18FN3O2. The minimum absolute atomic E-state index is 0.0360. The molecule has 1 aromatic heterocycles. The van der Waals surface area contributed by atoms with Gasteiger partial charge in [-0.2, -0.15) is 5.10 Å². The lowest BCUT2D eigenvalue weighted by molar-refractivity contribution is 0.0916. The third kappa shape index (κ3) is 4.51. The normalized spacial score (nSPS) is 11.9. The molecule has 0 aliphatic rings. The summed E-state index contributed by atoms with van der Waals surface area (Å²) in [4.78, 5) is 12.2. The summed E-state index contributed by atoms with van der Waals surface area (Å²) in [5.41, 5.74) is 2.05. The van der Waals surface area contributed by atoms with E-state index in [4.69, 9.17) is 0 Å². The van der Waals surface area contributed by atoms with Crippen molar-refractivity contribution in [2.24, 2.45) is 0 Å². The molecule has 1 unspecified atom stereocenters. The van der Waals surface area contributed by atoms with Gasteiger partial charge in [0.1, 0.15) is 5.82 Å². The van der Waals surface area contributed by atoms with E-state index in [9.17, 15) is 14.3 Å². The Labute approximate surface area is 144 Å². The molecule has 25 heavy (non-hydrogen) atoms. The zero-order valence-corrected chi connectivity index (χ0v) is 13.5. The zero-order valence-electron chi connectivity index (χ0n) is 13.5. The molecule has 3 rings (SSSR count). The van der Waals surface area contributed by atoms with Crippen LogP contribution in [0.5, 0.6) is 0 Å². The molecule has 6 heteroatoms. The first-order valence-corrected chi connectivity index (χ1v) is 7.90. The number of nitrogens with one attached hydrogen (secondary N) is 1. The Morgan fingerprint density at radius 2 is 1.88 bits per heavy atom. The van der Waals surface area contributed by atoms with E-state index < -0.39 is 6.10 Å². The van der Waals surface area contributed by atoms with Crippen LogP contribution in [0.25, 0.3) is 0 Å². The number of hydrogen-bond donors (Lipinski definition) is 2. The molecule has 2 aromatic carbocycles. The topological polar surface area (TPSA) is 67.2 Å². The molecule has 3 aromatic rings. The smallest absolute Gasteiger partial charge is 0.254 e. The van der Waals surface area contributed by atoms with Gasteiger partial charge in [-0.3, -0.25) is 9.48 Å². The maximum Gasteiger partial charge on any atom is 0.254 e. The van der Waals surface area contributed by atoms with Gasteiger partial charge in [0.25, 0.3) is 5.91 Å². The highest BCUT2D eigenvalue weighted by atomic mass is 19.1. The van der Waals surface area contributed by atoms with Crippen LogP contribution >= 0.6 is 0 Å². The SMILES string of the molecule is O=C(NCC(O)c1ccc(F)cc1)c1cnn(Cc2ccccc2)c1. The van der Waals surface area contributed by atoms with Crippen LogP contribution in [0.4, 0.5) is 4.39 Å². The van der Waals surface area contributed by atoms with Crippen molar-refractivity contribution in [2.45, 2.75) is 12.6 Å². The van der Waals surface area contributed by atoms with Crippen molar-refractivity contribution >= 4 is 5.91 Å². The Morgan fingerprint density at radius 3 is 2.60 bits per heavy atom. The van der Waals surface area contributed by atoms with E-state index >= 15 is 0 Å². The average Bonchev–Trinajstić information content (AvgIpc) is 3.09. The minimum Gasteiger partial charge on any atom is -0.387 e. The summed E-state index contributed by atoms with van der Waals surface area (Å²) in [5.74, 6) is -0.689. The second kappa shape index (κ2) is 7.72. The summed E-state index contributed by atoms with van der Waals surface area (Å²) in [6, 6.07) is 15.3. The summed E-state index contributed by atoms with van der Waals surface area (Å²) in [6.07, 6.45) is 2.25. The second-order valence-corrected chi connectivity index (χ2v) is 5.69. The van der Waals surface area contributed by atoms with Crippen LogP contribution in [-0.4, -0.2) is 27.3 Å². The Morgan fingerprint density at radius 1 is 1.16 bits per heavy atom. The second-order valence-electron chi connectivity index (χ2n) is 5.69. The van der Waals surface area contributed by atoms with E-state index in [1.54, 1.807) is 10.9 Å². The summed E-state index contributed by atoms with van der Waals surface area (Å²) < 4.78 is 14.6. The molecule has 5 nitrogen and oxygen atoms in total. The molecule has 0 saturated heterocycles. The quantitative estimate of drug-likeness (QED) is 0.725. The molecule has 0 aliphatic carbocycles. The lowest BCUT2D eigenvalue weighted by Crippen LogP contribution is -2.28. The van der Waals surface area contributed by atoms with Gasteiger partial charge in [0.15, 0.2) is 0 Å². The number of amides is 1. The van der Waals surface area contributed by atoms with Crippen LogP contribution in [0.3, 0.4) is 0 Å². The lowest BCUT2D eigenvalue weighted by Gasteiger charge is -2.11. The number of nitrogens with zero attached hydrogens (tertiary/aromatic N) is 2. The Hall–Kier alpha value is -2.99. The Bertz CT molecular complexity index is 831. The average molecular weight is 339 g/mol. The molecule has 1 amide bonds. The van der Waals surface area contributed by atoms with E-state index in [1.807, 2.05) is 30.3 Å². The number of halogens is 1. The molecule has 0 spiro atoms. The van der Waals surface area contributed by atoms with Crippen molar-refractivity contribution in [1.29, 1.82) is 0 Å². The van der Waals surface area contributed by atoms with Gasteiger partial charge in [-0.05, 0) is 23.3 Å². The molecule has 0 bridgehead atoms. The van der Waals surface area contributed by atoms with Crippen molar-refractivity contribution in [1.82, 2.24) is 15.1 Å². The van der Waals surface area contributed by atoms with Crippen LogP contribution in [-0.2, 0) is 6.54 Å². The first-order chi connectivity index (χ1) is 12.1. The van der Waals surface area contributed by atoms with E-state index in [2.05, 4.69) is 10.4 Å². The minimum atomic E-state index is -0.899. The van der Waals surface area contributed by atoms with Crippen LogP contribution in [0.2, 0.25) is 0 Å². The molecule has 2 N–H and O–H groups in total. The predicted octanol–water partition coefficient (Wildman–Crippen LogP) is 2.53. The Kier molecular flexibility index (Phi) is 5.20. The van der Waals surface area contributed by atoms with Crippen molar-refractivity contribution in [2.75, 3.05) is 6.54 Å². The van der Waals surface area contributed by atoms with E-state index in [1.165, 1.54) is 30.5 Å².